The molecule has 2 atom stereocenters. The summed E-state index contributed by atoms with van der Waals surface area (Å²) < 4.78 is 5.06. The van der Waals surface area contributed by atoms with E-state index in [1.165, 1.54) is 31.4 Å². The quantitative estimate of drug-likeness (QED) is 0.381. The zero-order valence-corrected chi connectivity index (χ0v) is 14.6. The third-order valence-electron chi connectivity index (χ3n) is 5.43. The maximum Gasteiger partial charge on any atom is 0.338 e. The molecule has 1 aliphatic heterocycles. The maximum absolute atomic E-state index is 12.4. The molecule has 2 fully saturated rings. The molecule has 1 heterocycles. The van der Waals surface area contributed by atoms with Gasteiger partial charge in [0.1, 0.15) is 5.69 Å². The first-order valence-electron chi connectivity index (χ1n) is 8.94. The number of rotatable bonds is 4. The lowest BCUT2D eigenvalue weighted by atomic mass is 9.75. The Hall–Kier alpha value is -2.64. The molecule has 1 saturated heterocycles. The fourth-order valence-electron chi connectivity index (χ4n) is 3.96. The zero-order valence-electron chi connectivity index (χ0n) is 14.6. The lowest BCUT2D eigenvalue weighted by Crippen LogP contribution is -2.46. The Morgan fingerprint density at radius 1 is 1.23 bits per heavy atom. The standard InChI is InChI=1S/C18H23N3O5/c19-15-6-5-13(9-16(15)21(24)25)18(23)26-11-17(22)20-8-7-12-3-1-2-4-14(12)10-20/h5-6,9,12,14H,1-4,7-8,10-11,19H2/t12-,14-/m0/s1. The average Bonchev–Trinajstić information content (AvgIpc) is 2.65. The van der Waals surface area contributed by atoms with Crippen molar-refractivity contribution in [3.8, 4) is 0 Å². The van der Waals surface area contributed by atoms with Gasteiger partial charge in [-0.15, -0.1) is 0 Å². The number of likely N-dealkylation sites (tertiary alicyclic amines) is 1. The number of esters is 1. The lowest BCUT2D eigenvalue weighted by Gasteiger charge is -2.41. The summed E-state index contributed by atoms with van der Waals surface area (Å²) in [6, 6.07) is 3.70. The molecule has 0 unspecified atom stereocenters. The van der Waals surface area contributed by atoms with Crippen LogP contribution in [0, 0.1) is 22.0 Å². The normalized spacial score (nSPS) is 22.4. The first kappa shape index (κ1) is 18.2. The monoisotopic (exact) mass is 361 g/mol. The number of nitrogens with zero attached hydrogens (tertiary/aromatic N) is 2. The van der Waals surface area contributed by atoms with Crippen LogP contribution in [0.3, 0.4) is 0 Å². The Labute approximate surface area is 151 Å². The van der Waals surface area contributed by atoms with Gasteiger partial charge in [-0.2, -0.15) is 0 Å². The number of carbonyl (C=O) groups excluding carboxylic acids is 2. The summed E-state index contributed by atoms with van der Waals surface area (Å²) in [5.74, 6) is 0.281. The van der Waals surface area contributed by atoms with Crippen LogP contribution in [0.4, 0.5) is 11.4 Å². The summed E-state index contributed by atoms with van der Waals surface area (Å²) in [4.78, 5) is 36.5. The van der Waals surface area contributed by atoms with Gasteiger partial charge in [-0.05, 0) is 36.8 Å². The number of amides is 1. The van der Waals surface area contributed by atoms with Gasteiger partial charge in [-0.3, -0.25) is 14.9 Å². The van der Waals surface area contributed by atoms with Crippen molar-refractivity contribution in [1.29, 1.82) is 0 Å². The van der Waals surface area contributed by atoms with Crippen LogP contribution >= 0.6 is 0 Å². The van der Waals surface area contributed by atoms with Gasteiger partial charge in [0, 0.05) is 19.2 Å². The Kier molecular flexibility index (Phi) is 5.39. The van der Waals surface area contributed by atoms with Gasteiger partial charge < -0.3 is 15.4 Å². The van der Waals surface area contributed by atoms with Crippen LogP contribution in [0.2, 0.25) is 0 Å². The summed E-state index contributed by atoms with van der Waals surface area (Å²) in [6.07, 6.45) is 5.91. The van der Waals surface area contributed by atoms with Crippen molar-refractivity contribution in [3.63, 3.8) is 0 Å². The second-order valence-corrected chi connectivity index (χ2v) is 7.04. The van der Waals surface area contributed by atoms with E-state index in [1.54, 1.807) is 4.90 Å². The SMILES string of the molecule is Nc1ccc(C(=O)OCC(=O)N2CC[C@@H]3CCCC[C@H]3C2)cc1[N+](=O)[O-]. The highest BCUT2D eigenvalue weighted by atomic mass is 16.6. The van der Waals surface area contributed by atoms with Crippen LogP contribution in [0.1, 0.15) is 42.5 Å². The van der Waals surface area contributed by atoms with E-state index in [0.29, 0.717) is 18.4 Å². The van der Waals surface area contributed by atoms with E-state index in [1.807, 2.05) is 0 Å². The molecule has 1 amide bonds. The molecule has 1 aromatic rings. The molecule has 8 nitrogen and oxygen atoms in total. The molecule has 3 rings (SSSR count). The van der Waals surface area contributed by atoms with E-state index in [-0.39, 0.29) is 29.5 Å². The van der Waals surface area contributed by atoms with Crippen LogP contribution < -0.4 is 5.73 Å². The largest absolute Gasteiger partial charge is 0.452 e. The van der Waals surface area contributed by atoms with Gasteiger partial charge in [-0.25, -0.2) is 4.79 Å². The van der Waals surface area contributed by atoms with Crippen LogP contribution in [0.25, 0.3) is 0 Å². The predicted molar refractivity (Wildman–Crippen MR) is 94.4 cm³/mol. The fraction of sp³-hybridized carbons (Fsp3) is 0.556. The second kappa shape index (κ2) is 7.72. The number of nitrogens with two attached hydrogens (primary N) is 1. The Bertz CT molecular complexity index is 721. The molecule has 8 heteroatoms. The first-order chi connectivity index (χ1) is 12.5. The molecule has 0 bridgehead atoms. The van der Waals surface area contributed by atoms with Crippen LogP contribution in [-0.4, -0.2) is 41.4 Å². The molecule has 1 saturated carbocycles. The highest BCUT2D eigenvalue weighted by molar-refractivity contribution is 5.92. The minimum Gasteiger partial charge on any atom is -0.452 e. The number of anilines is 1. The van der Waals surface area contributed by atoms with Crippen LogP contribution in [-0.2, 0) is 9.53 Å². The number of hydrogen-bond acceptors (Lipinski definition) is 6. The molecule has 26 heavy (non-hydrogen) atoms. The molecular formula is C18H23N3O5. The number of fused-ring (bicyclic) bond motifs is 1. The molecule has 1 aliphatic carbocycles. The van der Waals surface area contributed by atoms with Gasteiger partial charge in [0.2, 0.25) is 0 Å². The van der Waals surface area contributed by atoms with E-state index < -0.39 is 10.9 Å². The second-order valence-electron chi connectivity index (χ2n) is 7.04. The van der Waals surface area contributed by atoms with Gasteiger partial charge in [0.15, 0.2) is 6.61 Å². The Morgan fingerprint density at radius 2 is 1.96 bits per heavy atom. The fourth-order valence-corrected chi connectivity index (χ4v) is 3.96. The lowest BCUT2D eigenvalue weighted by molar-refractivity contribution is -0.383. The maximum atomic E-state index is 12.4. The molecule has 140 valence electrons. The highest BCUT2D eigenvalue weighted by Gasteiger charge is 2.33. The van der Waals surface area contributed by atoms with Crippen molar-refractivity contribution in [1.82, 2.24) is 4.90 Å². The van der Waals surface area contributed by atoms with Crippen LogP contribution in [0.15, 0.2) is 18.2 Å². The number of nitro groups is 1. The van der Waals surface area contributed by atoms with Gasteiger partial charge in [0.25, 0.3) is 11.6 Å². The van der Waals surface area contributed by atoms with E-state index in [4.69, 9.17) is 10.5 Å². The number of piperidine rings is 1. The summed E-state index contributed by atoms with van der Waals surface area (Å²) in [5, 5.41) is 10.9. The van der Waals surface area contributed by atoms with Crippen molar-refractivity contribution in [2.75, 3.05) is 25.4 Å². The number of ether oxygens (including phenoxy) is 1. The average molecular weight is 361 g/mol. The summed E-state index contributed by atoms with van der Waals surface area (Å²) in [5.41, 5.74) is 5.13. The summed E-state index contributed by atoms with van der Waals surface area (Å²) >= 11 is 0. The smallest absolute Gasteiger partial charge is 0.338 e. The number of nitro benzene ring substituents is 1. The van der Waals surface area contributed by atoms with E-state index in [0.717, 1.165) is 25.5 Å². The van der Waals surface area contributed by atoms with E-state index in [2.05, 4.69) is 0 Å². The molecule has 0 spiro atoms. The van der Waals surface area contributed by atoms with Gasteiger partial charge >= 0.3 is 5.97 Å². The number of hydrogen-bond donors (Lipinski definition) is 1. The van der Waals surface area contributed by atoms with Gasteiger partial charge in [0.05, 0.1) is 10.5 Å². The number of benzene rings is 1. The van der Waals surface area contributed by atoms with Crippen LogP contribution in [0.5, 0.6) is 0 Å². The highest BCUT2D eigenvalue weighted by Crippen LogP contribution is 2.36. The molecule has 2 aliphatic rings. The minimum absolute atomic E-state index is 0.00434. The number of nitrogen functional groups attached to an aromatic ring is 1. The predicted octanol–water partition coefficient (Wildman–Crippen LogP) is 2.37. The third-order valence-corrected chi connectivity index (χ3v) is 5.43. The minimum atomic E-state index is -0.769. The summed E-state index contributed by atoms with van der Waals surface area (Å²) in [6.45, 7) is 1.08. The van der Waals surface area contributed by atoms with Crippen molar-refractivity contribution >= 4 is 23.3 Å². The zero-order chi connectivity index (χ0) is 18.7. The topological polar surface area (TPSA) is 116 Å². The summed E-state index contributed by atoms with van der Waals surface area (Å²) in [7, 11) is 0. The first-order valence-corrected chi connectivity index (χ1v) is 8.94. The molecule has 0 aromatic heterocycles. The van der Waals surface area contributed by atoms with Crippen molar-refractivity contribution in [2.24, 2.45) is 11.8 Å². The number of carbonyl (C=O) groups is 2. The molecular weight excluding hydrogens is 338 g/mol. The van der Waals surface area contributed by atoms with Crippen molar-refractivity contribution in [2.45, 2.75) is 32.1 Å². The molecule has 0 radical (unpaired) electrons. The Morgan fingerprint density at radius 3 is 2.69 bits per heavy atom. The van der Waals surface area contributed by atoms with Gasteiger partial charge in [-0.1, -0.05) is 19.3 Å². The Balaban J connectivity index is 1.55. The molecule has 2 N–H and O–H groups in total. The van der Waals surface area contributed by atoms with E-state index in [9.17, 15) is 19.7 Å². The molecule has 1 aromatic carbocycles. The van der Waals surface area contributed by atoms with Crippen molar-refractivity contribution in [3.05, 3.63) is 33.9 Å². The third kappa shape index (κ3) is 3.95. The van der Waals surface area contributed by atoms with Crippen molar-refractivity contribution < 1.29 is 19.2 Å². The van der Waals surface area contributed by atoms with E-state index >= 15 is 0 Å².